The van der Waals surface area contributed by atoms with Gasteiger partial charge in [0.2, 0.25) is 5.79 Å². The van der Waals surface area contributed by atoms with Crippen molar-refractivity contribution in [3.05, 3.63) is 41.7 Å². The molecule has 1 saturated heterocycles. The highest BCUT2D eigenvalue weighted by atomic mass is 16.7. The molecule has 0 atom stereocenters. The zero-order valence-electron chi connectivity index (χ0n) is 15.0. The van der Waals surface area contributed by atoms with Gasteiger partial charge in [0.15, 0.2) is 11.5 Å². The lowest BCUT2D eigenvalue weighted by atomic mass is 10.1. The summed E-state index contributed by atoms with van der Waals surface area (Å²) in [6.45, 7) is 7.16. The molecular formula is C20H24O5. The molecule has 2 fully saturated rings. The van der Waals surface area contributed by atoms with E-state index in [9.17, 15) is 4.79 Å². The standard InChI is InChI=1S/C20H24O5/c1-13-16(19(21)25-20(2,3)24-13)11-14-9-10-17(18(12-14)22-4)23-15-7-5-6-8-15/h9-12,15H,1,5-8H2,2-4H3/b16-11-. The van der Waals surface area contributed by atoms with E-state index in [0.717, 1.165) is 24.2 Å². The van der Waals surface area contributed by atoms with Crippen LogP contribution in [0.1, 0.15) is 45.1 Å². The summed E-state index contributed by atoms with van der Waals surface area (Å²) < 4.78 is 22.3. The number of carbonyl (C=O) groups excluding carboxylic acids is 1. The Kier molecular flexibility index (Phi) is 4.75. The molecular weight excluding hydrogens is 320 g/mol. The smallest absolute Gasteiger partial charge is 0.345 e. The van der Waals surface area contributed by atoms with Gasteiger partial charge in [-0.3, -0.25) is 0 Å². The highest BCUT2D eigenvalue weighted by Gasteiger charge is 2.35. The van der Waals surface area contributed by atoms with Crippen LogP contribution in [-0.2, 0) is 14.3 Å². The van der Waals surface area contributed by atoms with E-state index in [1.807, 2.05) is 18.2 Å². The minimum Gasteiger partial charge on any atom is -0.493 e. The van der Waals surface area contributed by atoms with Gasteiger partial charge in [-0.05, 0) is 49.5 Å². The van der Waals surface area contributed by atoms with Gasteiger partial charge in [0.1, 0.15) is 11.3 Å². The molecule has 1 saturated carbocycles. The van der Waals surface area contributed by atoms with Gasteiger partial charge >= 0.3 is 5.97 Å². The molecule has 0 aromatic heterocycles. The molecule has 1 aliphatic carbocycles. The number of hydrogen-bond acceptors (Lipinski definition) is 5. The molecule has 0 radical (unpaired) electrons. The summed E-state index contributed by atoms with van der Waals surface area (Å²) in [7, 11) is 1.60. The summed E-state index contributed by atoms with van der Waals surface area (Å²) in [5.74, 6) is 0.205. The molecule has 0 bridgehead atoms. The number of ether oxygens (including phenoxy) is 4. The second-order valence-corrected chi connectivity index (χ2v) is 6.81. The van der Waals surface area contributed by atoms with Crippen molar-refractivity contribution in [3.63, 3.8) is 0 Å². The number of methoxy groups -OCH3 is 1. The highest BCUT2D eigenvalue weighted by Crippen LogP contribution is 2.34. The van der Waals surface area contributed by atoms with Gasteiger partial charge in [-0.2, -0.15) is 0 Å². The van der Waals surface area contributed by atoms with E-state index in [2.05, 4.69) is 6.58 Å². The molecule has 2 aliphatic rings. The van der Waals surface area contributed by atoms with Crippen LogP contribution in [0.3, 0.4) is 0 Å². The van der Waals surface area contributed by atoms with E-state index in [-0.39, 0.29) is 6.10 Å². The molecule has 1 aromatic carbocycles. The van der Waals surface area contributed by atoms with E-state index >= 15 is 0 Å². The van der Waals surface area contributed by atoms with E-state index in [1.165, 1.54) is 12.8 Å². The summed E-state index contributed by atoms with van der Waals surface area (Å²) in [5, 5.41) is 0. The van der Waals surface area contributed by atoms with Gasteiger partial charge in [-0.15, -0.1) is 0 Å². The number of carbonyl (C=O) groups is 1. The Morgan fingerprint density at radius 1 is 1.20 bits per heavy atom. The molecule has 0 N–H and O–H groups in total. The molecule has 0 spiro atoms. The van der Waals surface area contributed by atoms with Crippen LogP contribution in [0.5, 0.6) is 11.5 Å². The van der Waals surface area contributed by atoms with Crippen molar-refractivity contribution in [2.24, 2.45) is 0 Å². The molecule has 5 nitrogen and oxygen atoms in total. The van der Waals surface area contributed by atoms with E-state index < -0.39 is 11.8 Å². The SMILES string of the molecule is C=C1OC(C)(C)OC(=O)/C1=C\c1ccc(OC2CCCC2)c(OC)c1. The van der Waals surface area contributed by atoms with E-state index in [1.54, 1.807) is 27.0 Å². The summed E-state index contributed by atoms with van der Waals surface area (Å²) in [6, 6.07) is 5.57. The fourth-order valence-corrected chi connectivity index (χ4v) is 3.13. The fourth-order valence-electron chi connectivity index (χ4n) is 3.13. The van der Waals surface area contributed by atoms with Crippen LogP contribution in [0.15, 0.2) is 36.1 Å². The molecule has 0 amide bonds. The van der Waals surface area contributed by atoms with Crippen LogP contribution in [0.4, 0.5) is 0 Å². The molecule has 3 rings (SSSR count). The minimum absolute atomic E-state index is 0.252. The Balaban J connectivity index is 1.83. The Hall–Kier alpha value is -2.43. The first-order valence-corrected chi connectivity index (χ1v) is 8.56. The van der Waals surface area contributed by atoms with Crippen molar-refractivity contribution in [2.75, 3.05) is 7.11 Å². The molecule has 5 heteroatoms. The number of esters is 1. The summed E-state index contributed by atoms with van der Waals surface area (Å²) in [5.41, 5.74) is 1.08. The zero-order chi connectivity index (χ0) is 18.0. The lowest BCUT2D eigenvalue weighted by Crippen LogP contribution is -2.37. The van der Waals surface area contributed by atoms with Gasteiger partial charge in [0, 0.05) is 13.8 Å². The maximum absolute atomic E-state index is 12.2. The van der Waals surface area contributed by atoms with Gasteiger partial charge in [0.05, 0.1) is 13.2 Å². The van der Waals surface area contributed by atoms with Crippen molar-refractivity contribution in [2.45, 2.75) is 51.4 Å². The van der Waals surface area contributed by atoms with Gasteiger partial charge in [0.25, 0.3) is 0 Å². The second-order valence-electron chi connectivity index (χ2n) is 6.81. The molecule has 0 unspecified atom stereocenters. The normalized spacial score (nSPS) is 21.8. The van der Waals surface area contributed by atoms with Gasteiger partial charge in [-0.25, -0.2) is 4.79 Å². The summed E-state index contributed by atoms with van der Waals surface area (Å²) in [4.78, 5) is 12.2. The molecule has 25 heavy (non-hydrogen) atoms. The van der Waals surface area contributed by atoms with Crippen molar-refractivity contribution < 1.29 is 23.7 Å². The van der Waals surface area contributed by atoms with Crippen molar-refractivity contribution >= 4 is 12.0 Å². The predicted octanol–water partition coefficient (Wildman–Crippen LogP) is 4.22. The fraction of sp³-hybridized carbons (Fsp3) is 0.450. The van der Waals surface area contributed by atoms with Crippen LogP contribution in [-0.4, -0.2) is 25.0 Å². The number of hydrogen-bond donors (Lipinski definition) is 0. The third kappa shape index (κ3) is 3.98. The minimum atomic E-state index is -0.998. The van der Waals surface area contributed by atoms with Crippen molar-refractivity contribution in [1.29, 1.82) is 0 Å². The Morgan fingerprint density at radius 2 is 1.92 bits per heavy atom. The number of benzene rings is 1. The summed E-state index contributed by atoms with van der Waals surface area (Å²) >= 11 is 0. The Bertz CT molecular complexity index is 689. The van der Waals surface area contributed by atoms with Gasteiger partial charge < -0.3 is 18.9 Å². The van der Waals surface area contributed by atoms with Gasteiger partial charge in [-0.1, -0.05) is 12.6 Å². The first-order valence-electron chi connectivity index (χ1n) is 8.56. The molecule has 1 aliphatic heterocycles. The second kappa shape index (κ2) is 6.82. The van der Waals surface area contributed by atoms with E-state index in [4.69, 9.17) is 18.9 Å². The van der Waals surface area contributed by atoms with Crippen LogP contribution in [0.25, 0.3) is 6.08 Å². The first-order chi connectivity index (χ1) is 11.9. The maximum atomic E-state index is 12.2. The highest BCUT2D eigenvalue weighted by molar-refractivity contribution is 5.98. The molecule has 134 valence electrons. The number of rotatable bonds is 4. The molecule has 1 heterocycles. The largest absolute Gasteiger partial charge is 0.493 e. The van der Waals surface area contributed by atoms with Crippen molar-refractivity contribution in [3.8, 4) is 11.5 Å². The predicted molar refractivity (Wildman–Crippen MR) is 94.3 cm³/mol. The molecule has 1 aromatic rings. The lowest BCUT2D eigenvalue weighted by Gasteiger charge is -2.32. The third-order valence-corrected chi connectivity index (χ3v) is 4.32. The number of cyclic esters (lactones) is 1. The van der Waals surface area contributed by atoms with Crippen LogP contribution in [0, 0.1) is 0 Å². The topological polar surface area (TPSA) is 54.0 Å². The van der Waals surface area contributed by atoms with E-state index in [0.29, 0.717) is 17.1 Å². The van der Waals surface area contributed by atoms with Crippen molar-refractivity contribution in [1.82, 2.24) is 0 Å². The quantitative estimate of drug-likeness (QED) is 0.604. The van der Waals surface area contributed by atoms with Crippen LogP contribution in [0.2, 0.25) is 0 Å². The lowest BCUT2D eigenvalue weighted by molar-refractivity contribution is -0.207. The Morgan fingerprint density at radius 3 is 2.56 bits per heavy atom. The zero-order valence-corrected chi connectivity index (χ0v) is 15.0. The summed E-state index contributed by atoms with van der Waals surface area (Å²) in [6.07, 6.45) is 6.50. The average molecular weight is 344 g/mol. The third-order valence-electron chi connectivity index (χ3n) is 4.32. The maximum Gasteiger partial charge on any atom is 0.345 e. The average Bonchev–Trinajstić information content (AvgIpc) is 3.04. The Labute approximate surface area is 148 Å². The van der Waals surface area contributed by atoms with Crippen LogP contribution >= 0.6 is 0 Å². The first kappa shape index (κ1) is 17.4. The van der Waals surface area contributed by atoms with Crippen LogP contribution < -0.4 is 9.47 Å². The monoisotopic (exact) mass is 344 g/mol.